The van der Waals surface area contributed by atoms with E-state index in [1.165, 1.54) is 0 Å². The van der Waals surface area contributed by atoms with Crippen molar-refractivity contribution in [3.05, 3.63) is 0 Å². The average molecular weight is 255 g/mol. The zero-order valence-electron chi connectivity index (χ0n) is 11.1. The number of aliphatic hydroxyl groups excluding tert-OH is 1. The van der Waals surface area contributed by atoms with Crippen LogP contribution in [0.25, 0.3) is 0 Å². The van der Waals surface area contributed by atoms with Crippen molar-refractivity contribution >= 4 is 11.9 Å². The SMILES string of the molecule is CCCOc1nc(NC)nc(NCC(O)CC)n1. The van der Waals surface area contributed by atoms with E-state index in [0.717, 1.165) is 6.42 Å². The van der Waals surface area contributed by atoms with Gasteiger partial charge in [0.15, 0.2) is 0 Å². The monoisotopic (exact) mass is 255 g/mol. The third-order valence-electron chi connectivity index (χ3n) is 2.24. The van der Waals surface area contributed by atoms with E-state index in [2.05, 4.69) is 25.6 Å². The molecule has 0 aliphatic heterocycles. The smallest absolute Gasteiger partial charge is 0.323 e. The molecular formula is C11H21N5O2. The second-order valence-corrected chi connectivity index (χ2v) is 3.81. The van der Waals surface area contributed by atoms with Crippen LogP contribution in [0.2, 0.25) is 0 Å². The molecule has 18 heavy (non-hydrogen) atoms. The summed E-state index contributed by atoms with van der Waals surface area (Å²) in [5, 5.41) is 15.3. The van der Waals surface area contributed by atoms with Crippen LogP contribution in [-0.4, -0.2) is 46.4 Å². The van der Waals surface area contributed by atoms with Gasteiger partial charge in [-0.3, -0.25) is 0 Å². The van der Waals surface area contributed by atoms with Gasteiger partial charge in [-0.15, -0.1) is 0 Å². The van der Waals surface area contributed by atoms with E-state index in [0.29, 0.717) is 31.5 Å². The Balaban J connectivity index is 2.70. The first-order valence-electron chi connectivity index (χ1n) is 6.18. The van der Waals surface area contributed by atoms with Crippen LogP contribution in [0.15, 0.2) is 0 Å². The minimum Gasteiger partial charge on any atom is -0.463 e. The minimum atomic E-state index is -0.417. The van der Waals surface area contributed by atoms with E-state index in [-0.39, 0.29) is 6.01 Å². The lowest BCUT2D eigenvalue weighted by Crippen LogP contribution is -2.20. The lowest BCUT2D eigenvalue weighted by Gasteiger charge is -2.11. The second-order valence-electron chi connectivity index (χ2n) is 3.81. The Kier molecular flexibility index (Phi) is 6.13. The van der Waals surface area contributed by atoms with Gasteiger partial charge in [0.2, 0.25) is 11.9 Å². The third-order valence-corrected chi connectivity index (χ3v) is 2.24. The van der Waals surface area contributed by atoms with Gasteiger partial charge in [0, 0.05) is 13.6 Å². The van der Waals surface area contributed by atoms with Crippen LogP contribution in [0.1, 0.15) is 26.7 Å². The van der Waals surface area contributed by atoms with Crippen LogP contribution in [0.4, 0.5) is 11.9 Å². The fourth-order valence-electron chi connectivity index (χ4n) is 1.16. The maximum Gasteiger partial charge on any atom is 0.323 e. The van der Waals surface area contributed by atoms with Crippen molar-refractivity contribution in [3.63, 3.8) is 0 Å². The van der Waals surface area contributed by atoms with Crippen molar-refractivity contribution in [2.24, 2.45) is 0 Å². The van der Waals surface area contributed by atoms with E-state index in [4.69, 9.17) is 4.74 Å². The first kappa shape index (κ1) is 14.4. The Morgan fingerprint density at radius 2 is 1.94 bits per heavy atom. The summed E-state index contributed by atoms with van der Waals surface area (Å²) in [6, 6.07) is 0.282. The number of rotatable bonds is 8. The molecule has 1 rings (SSSR count). The van der Waals surface area contributed by atoms with E-state index >= 15 is 0 Å². The number of ether oxygens (including phenoxy) is 1. The Bertz CT molecular complexity index is 361. The van der Waals surface area contributed by atoms with Gasteiger partial charge < -0.3 is 20.5 Å². The molecule has 7 nitrogen and oxygen atoms in total. The van der Waals surface area contributed by atoms with Gasteiger partial charge in [-0.2, -0.15) is 15.0 Å². The zero-order valence-corrected chi connectivity index (χ0v) is 11.1. The molecule has 0 aliphatic carbocycles. The summed E-state index contributed by atoms with van der Waals surface area (Å²) in [5.41, 5.74) is 0. The largest absolute Gasteiger partial charge is 0.463 e. The molecule has 0 saturated carbocycles. The Labute approximate surface area is 107 Å². The molecular weight excluding hydrogens is 234 g/mol. The van der Waals surface area contributed by atoms with Gasteiger partial charge >= 0.3 is 6.01 Å². The molecule has 1 atom stereocenters. The number of nitrogens with zero attached hydrogens (tertiary/aromatic N) is 3. The molecule has 0 radical (unpaired) electrons. The predicted molar refractivity (Wildman–Crippen MR) is 69.9 cm³/mol. The number of nitrogens with one attached hydrogen (secondary N) is 2. The van der Waals surface area contributed by atoms with Crippen LogP contribution in [0.3, 0.4) is 0 Å². The number of aliphatic hydroxyl groups is 1. The summed E-state index contributed by atoms with van der Waals surface area (Å²) in [4.78, 5) is 12.3. The minimum absolute atomic E-state index is 0.282. The van der Waals surface area contributed by atoms with Crippen LogP contribution >= 0.6 is 0 Å². The van der Waals surface area contributed by atoms with Crippen molar-refractivity contribution in [2.75, 3.05) is 30.8 Å². The quantitative estimate of drug-likeness (QED) is 0.635. The van der Waals surface area contributed by atoms with Crippen molar-refractivity contribution < 1.29 is 9.84 Å². The van der Waals surface area contributed by atoms with Gasteiger partial charge in [0.1, 0.15) is 0 Å². The van der Waals surface area contributed by atoms with E-state index in [9.17, 15) is 5.11 Å². The molecule has 7 heteroatoms. The highest BCUT2D eigenvalue weighted by molar-refractivity contribution is 5.35. The summed E-state index contributed by atoms with van der Waals surface area (Å²) in [6.07, 6.45) is 1.15. The Morgan fingerprint density at radius 1 is 1.22 bits per heavy atom. The van der Waals surface area contributed by atoms with Crippen LogP contribution in [0.5, 0.6) is 6.01 Å². The summed E-state index contributed by atoms with van der Waals surface area (Å²) in [7, 11) is 1.73. The number of hydrogen-bond acceptors (Lipinski definition) is 7. The highest BCUT2D eigenvalue weighted by atomic mass is 16.5. The topological polar surface area (TPSA) is 92.2 Å². The first-order valence-corrected chi connectivity index (χ1v) is 6.18. The fourth-order valence-corrected chi connectivity index (χ4v) is 1.16. The third kappa shape index (κ3) is 4.70. The highest BCUT2D eigenvalue weighted by Gasteiger charge is 2.07. The van der Waals surface area contributed by atoms with Gasteiger partial charge in [-0.25, -0.2) is 0 Å². The molecule has 1 unspecified atom stereocenters. The number of aromatic nitrogens is 3. The van der Waals surface area contributed by atoms with Crippen LogP contribution < -0.4 is 15.4 Å². The van der Waals surface area contributed by atoms with Crippen molar-refractivity contribution in [2.45, 2.75) is 32.8 Å². The van der Waals surface area contributed by atoms with E-state index in [1.807, 2.05) is 13.8 Å². The van der Waals surface area contributed by atoms with Crippen molar-refractivity contribution in [1.29, 1.82) is 0 Å². The lowest BCUT2D eigenvalue weighted by molar-refractivity contribution is 0.183. The van der Waals surface area contributed by atoms with E-state index in [1.54, 1.807) is 7.05 Å². The summed E-state index contributed by atoms with van der Waals surface area (Å²) < 4.78 is 5.37. The second kappa shape index (κ2) is 7.65. The van der Waals surface area contributed by atoms with Gasteiger partial charge in [0.25, 0.3) is 0 Å². The fraction of sp³-hybridized carbons (Fsp3) is 0.727. The standard InChI is InChI=1S/C11H21N5O2/c1-4-6-18-11-15-9(12-3)14-10(16-11)13-7-8(17)5-2/h8,17H,4-7H2,1-3H3,(H2,12,13,14,15,16). The molecule has 0 bridgehead atoms. The molecule has 102 valence electrons. The number of anilines is 2. The molecule has 0 aromatic carbocycles. The van der Waals surface area contributed by atoms with Gasteiger partial charge in [0.05, 0.1) is 12.7 Å². The Morgan fingerprint density at radius 3 is 2.56 bits per heavy atom. The maximum absolute atomic E-state index is 9.48. The molecule has 0 saturated heterocycles. The number of hydrogen-bond donors (Lipinski definition) is 3. The first-order chi connectivity index (χ1) is 8.69. The molecule has 1 aromatic heterocycles. The predicted octanol–water partition coefficient (Wildman–Crippen LogP) is 0.885. The zero-order chi connectivity index (χ0) is 13.4. The molecule has 3 N–H and O–H groups in total. The molecule has 0 spiro atoms. The molecule has 0 amide bonds. The molecule has 1 heterocycles. The van der Waals surface area contributed by atoms with Crippen LogP contribution in [0, 0.1) is 0 Å². The molecule has 0 fully saturated rings. The average Bonchev–Trinajstić information content (AvgIpc) is 2.42. The molecule has 1 aromatic rings. The summed E-state index contributed by atoms with van der Waals surface area (Å²) in [6.45, 7) is 4.88. The van der Waals surface area contributed by atoms with Crippen molar-refractivity contribution in [3.8, 4) is 6.01 Å². The highest BCUT2D eigenvalue weighted by Crippen LogP contribution is 2.11. The van der Waals surface area contributed by atoms with Crippen molar-refractivity contribution in [1.82, 2.24) is 15.0 Å². The maximum atomic E-state index is 9.48. The molecule has 0 aliphatic rings. The van der Waals surface area contributed by atoms with Crippen LogP contribution in [-0.2, 0) is 0 Å². The summed E-state index contributed by atoms with van der Waals surface area (Å²) in [5.74, 6) is 0.831. The normalized spacial score (nSPS) is 12.0. The Hall–Kier alpha value is -1.63. The summed E-state index contributed by atoms with van der Waals surface area (Å²) >= 11 is 0. The van der Waals surface area contributed by atoms with Gasteiger partial charge in [-0.1, -0.05) is 13.8 Å². The van der Waals surface area contributed by atoms with Gasteiger partial charge in [-0.05, 0) is 12.8 Å². The van der Waals surface area contributed by atoms with E-state index < -0.39 is 6.10 Å². The lowest BCUT2D eigenvalue weighted by atomic mass is 10.3.